The lowest BCUT2D eigenvalue weighted by molar-refractivity contribution is 0.103. The highest BCUT2D eigenvalue weighted by Gasteiger charge is 2.42. The summed E-state index contributed by atoms with van der Waals surface area (Å²) < 4.78 is 6.27. The van der Waals surface area contributed by atoms with Gasteiger partial charge in [-0.15, -0.1) is 0 Å². The third-order valence-electron chi connectivity index (χ3n) is 4.59. The van der Waals surface area contributed by atoms with E-state index < -0.39 is 0 Å². The summed E-state index contributed by atoms with van der Waals surface area (Å²) in [6.07, 6.45) is 6.32. The Balaban J connectivity index is 2.06. The molecule has 1 aromatic rings. The first kappa shape index (κ1) is 10.2. The molecule has 2 aliphatic rings. The van der Waals surface area contributed by atoms with Gasteiger partial charge in [-0.25, -0.2) is 0 Å². The zero-order valence-corrected chi connectivity index (χ0v) is 10.5. The van der Waals surface area contributed by atoms with E-state index in [1.807, 2.05) is 0 Å². The molecule has 1 aromatic carbocycles. The van der Waals surface area contributed by atoms with Gasteiger partial charge in [0.15, 0.2) is 0 Å². The molecule has 1 aliphatic heterocycles. The van der Waals surface area contributed by atoms with Gasteiger partial charge in [-0.05, 0) is 69.2 Å². The van der Waals surface area contributed by atoms with Crippen molar-refractivity contribution in [3.8, 4) is 5.75 Å². The largest absolute Gasteiger partial charge is 0.487 e. The molecule has 0 amide bonds. The zero-order valence-electron chi connectivity index (χ0n) is 10.5. The molecule has 0 aromatic heterocycles. The number of fused-ring (bicyclic) bond motifs is 1. The van der Waals surface area contributed by atoms with Gasteiger partial charge in [0.05, 0.1) is 0 Å². The van der Waals surface area contributed by atoms with E-state index in [9.17, 15) is 0 Å². The Kier molecular flexibility index (Phi) is 2.07. The van der Waals surface area contributed by atoms with Gasteiger partial charge in [0, 0.05) is 12.0 Å². The molecule has 1 heteroatoms. The Morgan fingerprint density at radius 3 is 2.44 bits per heavy atom. The summed E-state index contributed by atoms with van der Waals surface area (Å²) in [7, 11) is 0. The summed E-state index contributed by atoms with van der Waals surface area (Å²) in [5.74, 6) is 1.17. The maximum absolute atomic E-state index is 6.27. The van der Waals surface area contributed by atoms with E-state index in [1.165, 1.54) is 53.7 Å². The van der Waals surface area contributed by atoms with Crippen molar-refractivity contribution >= 4 is 0 Å². The van der Waals surface area contributed by atoms with Crippen LogP contribution in [0.5, 0.6) is 5.75 Å². The fraction of sp³-hybridized carbons (Fsp3) is 0.600. The van der Waals surface area contributed by atoms with E-state index in [4.69, 9.17) is 4.74 Å². The van der Waals surface area contributed by atoms with Gasteiger partial charge in [0.2, 0.25) is 0 Å². The first-order valence-electron chi connectivity index (χ1n) is 6.40. The van der Waals surface area contributed by atoms with Crippen LogP contribution in [0.15, 0.2) is 6.07 Å². The third kappa shape index (κ3) is 1.30. The lowest BCUT2D eigenvalue weighted by Crippen LogP contribution is -2.29. The number of benzene rings is 1. The minimum Gasteiger partial charge on any atom is -0.487 e. The van der Waals surface area contributed by atoms with Crippen LogP contribution in [0.1, 0.15) is 47.9 Å². The van der Waals surface area contributed by atoms with Gasteiger partial charge in [-0.1, -0.05) is 0 Å². The predicted octanol–water partition coefficient (Wildman–Crippen LogP) is 3.86. The molecule has 0 N–H and O–H groups in total. The number of rotatable bonds is 0. The monoisotopic (exact) mass is 216 g/mol. The average molecular weight is 216 g/mol. The molecule has 0 saturated heterocycles. The summed E-state index contributed by atoms with van der Waals surface area (Å²) in [5.41, 5.74) is 5.92. The minimum absolute atomic E-state index is 0.174. The molecule has 0 unspecified atom stereocenters. The Labute approximate surface area is 97.8 Å². The molecule has 3 rings (SSSR count). The predicted molar refractivity (Wildman–Crippen MR) is 66.2 cm³/mol. The topological polar surface area (TPSA) is 9.23 Å². The molecule has 1 aliphatic carbocycles. The first-order chi connectivity index (χ1) is 7.61. The molecule has 0 atom stereocenters. The van der Waals surface area contributed by atoms with Crippen LogP contribution in [0.2, 0.25) is 0 Å². The molecule has 16 heavy (non-hydrogen) atoms. The van der Waals surface area contributed by atoms with Crippen molar-refractivity contribution in [3.63, 3.8) is 0 Å². The Hall–Kier alpha value is -0.980. The quantitative estimate of drug-likeness (QED) is 0.640. The van der Waals surface area contributed by atoms with Gasteiger partial charge < -0.3 is 4.74 Å². The number of aryl methyl sites for hydroxylation is 1. The molecule has 0 bridgehead atoms. The second kappa shape index (κ2) is 3.26. The molecule has 1 spiro atoms. The molecule has 1 fully saturated rings. The zero-order chi connectivity index (χ0) is 11.3. The fourth-order valence-electron chi connectivity index (χ4n) is 3.30. The van der Waals surface area contributed by atoms with Gasteiger partial charge in [0.25, 0.3) is 0 Å². The van der Waals surface area contributed by atoms with Crippen molar-refractivity contribution < 1.29 is 4.74 Å². The van der Waals surface area contributed by atoms with Crippen molar-refractivity contribution in [2.45, 2.75) is 58.5 Å². The van der Waals surface area contributed by atoms with Crippen LogP contribution in [0.3, 0.4) is 0 Å². The number of hydrogen-bond donors (Lipinski definition) is 0. The van der Waals surface area contributed by atoms with Gasteiger partial charge in [-0.3, -0.25) is 0 Å². The SMILES string of the molecule is Cc1cc2c(c(C)c1C)CC1(CCCC1)O2. The van der Waals surface area contributed by atoms with E-state index in [0.717, 1.165) is 6.42 Å². The average Bonchev–Trinajstić information content (AvgIpc) is 2.84. The normalized spacial score (nSPS) is 21.2. The van der Waals surface area contributed by atoms with Crippen molar-refractivity contribution in [1.82, 2.24) is 0 Å². The summed E-state index contributed by atoms with van der Waals surface area (Å²) in [5, 5.41) is 0. The summed E-state index contributed by atoms with van der Waals surface area (Å²) in [4.78, 5) is 0. The summed E-state index contributed by atoms with van der Waals surface area (Å²) in [6, 6.07) is 2.24. The summed E-state index contributed by atoms with van der Waals surface area (Å²) >= 11 is 0. The second-order valence-corrected chi connectivity index (χ2v) is 5.59. The number of hydrogen-bond acceptors (Lipinski definition) is 1. The van der Waals surface area contributed by atoms with Crippen LogP contribution in [-0.4, -0.2) is 5.60 Å². The van der Waals surface area contributed by atoms with E-state index in [0.29, 0.717) is 0 Å². The fourth-order valence-corrected chi connectivity index (χ4v) is 3.30. The van der Waals surface area contributed by atoms with Gasteiger partial charge in [-0.2, -0.15) is 0 Å². The Morgan fingerprint density at radius 1 is 1.06 bits per heavy atom. The van der Waals surface area contributed by atoms with Gasteiger partial charge >= 0.3 is 0 Å². The standard InChI is InChI=1S/C15H20O/c1-10-8-14-13(12(3)11(10)2)9-15(16-14)6-4-5-7-15/h8H,4-7,9H2,1-3H3. The molecule has 86 valence electrons. The van der Waals surface area contributed by atoms with Crippen LogP contribution >= 0.6 is 0 Å². The molecule has 1 saturated carbocycles. The minimum atomic E-state index is 0.174. The molecular weight excluding hydrogens is 196 g/mol. The van der Waals surface area contributed by atoms with E-state index in [1.54, 1.807) is 0 Å². The third-order valence-corrected chi connectivity index (χ3v) is 4.59. The highest BCUT2D eigenvalue weighted by atomic mass is 16.5. The highest BCUT2D eigenvalue weighted by Crippen LogP contribution is 2.46. The lowest BCUT2D eigenvalue weighted by atomic mass is 9.90. The molecule has 1 nitrogen and oxygen atoms in total. The van der Waals surface area contributed by atoms with E-state index >= 15 is 0 Å². The van der Waals surface area contributed by atoms with Crippen LogP contribution in [0.25, 0.3) is 0 Å². The Bertz CT molecular complexity index is 439. The summed E-state index contributed by atoms with van der Waals surface area (Å²) in [6.45, 7) is 6.66. The maximum Gasteiger partial charge on any atom is 0.124 e. The van der Waals surface area contributed by atoms with Crippen LogP contribution in [0, 0.1) is 20.8 Å². The van der Waals surface area contributed by atoms with Crippen molar-refractivity contribution in [3.05, 3.63) is 28.3 Å². The first-order valence-corrected chi connectivity index (χ1v) is 6.40. The molecule has 0 radical (unpaired) electrons. The van der Waals surface area contributed by atoms with E-state index in [2.05, 4.69) is 26.8 Å². The highest BCUT2D eigenvalue weighted by molar-refractivity contribution is 5.51. The van der Waals surface area contributed by atoms with Crippen LogP contribution < -0.4 is 4.74 Å². The Morgan fingerprint density at radius 2 is 1.75 bits per heavy atom. The maximum atomic E-state index is 6.27. The smallest absolute Gasteiger partial charge is 0.124 e. The molecule has 1 heterocycles. The van der Waals surface area contributed by atoms with E-state index in [-0.39, 0.29) is 5.60 Å². The van der Waals surface area contributed by atoms with Crippen molar-refractivity contribution in [2.75, 3.05) is 0 Å². The number of ether oxygens (including phenoxy) is 1. The second-order valence-electron chi connectivity index (χ2n) is 5.59. The van der Waals surface area contributed by atoms with Crippen LogP contribution in [-0.2, 0) is 6.42 Å². The van der Waals surface area contributed by atoms with Gasteiger partial charge in [0.1, 0.15) is 11.4 Å². The molecular formula is C15H20O. The van der Waals surface area contributed by atoms with Crippen molar-refractivity contribution in [1.29, 1.82) is 0 Å². The van der Waals surface area contributed by atoms with Crippen LogP contribution in [0.4, 0.5) is 0 Å². The lowest BCUT2D eigenvalue weighted by Gasteiger charge is -2.22. The van der Waals surface area contributed by atoms with Crippen molar-refractivity contribution in [2.24, 2.45) is 0 Å².